The summed E-state index contributed by atoms with van der Waals surface area (Å²) in [5, 5.41) is 6.74. The zero-order valence-electron chi connectivity index (χ0n) is 17.8. The molecule has 10 heteroatoms. The Morgan fingerprint density at radius 2 is 1.69 bits per heavy atom. The number of nitrogens with two attached hydrogens (primary N) is 1. The lowest BCUT2D eigenvalue weighted by atomic mass is 9.92. The van der Waals surface area contributed by atoms with Crippen LogP contribution in [0.25, 0.3) is 0 Å². The zero-order valence-corrected chi connectivity index (χ0v) is 17.8. The maximum absolute atomic E-state index is 13.3. The lowest BCUT2D eigenvalue weighted by molar-refractivity contribution is -0.129. The number of hydrogen-bond donors (Lipinski definition) is 2. The van der Waals surface area contributed by atoms with Crippen LogP contribution in [0.5, 0.6) is 0 Å². The van der Waals surface area contributed by atoms with Gasteiger partial charge < -0.3 is 25.4 Å². The van der Waals surface area contributed by atoms with Crippen LogP contribution in [0.4, 0.5) is 4.39 Å². The van der Waals surface area contributed by atoms with Crippen molar-refractivity contribution in [3.8, 4) is 0 Å². The Kier molecular flexibility index (Phi) is 6.22. The van der Waals surface area contributed by atoms with Crippen LogP contribution in [0.1, 0.15) is 52.3 Å². The normalized spacial score (nSPS) is 23.3. The van der Waals surface area contributed by atoms with Crippen molar-refractivity contribution in [2.75, 3.05) is 13.1 Å². The van der Waals surface area contributed by atoms with Gasteiger partial charge in [-0.25, -0.2) is 4.39 Å². The second kappa shape index (κ2) is 9.07. The molecule has 2 heterocycles. The van der Waals surface area contributed by atoms with Gasteiger partial charge in [0.2, 0.25) is 0 Å². The Balaban J connectivity index is 1.58. The summed E-state index contributed by atoms with van der Waals surface area (Å²) in [4.78, 5) is 42.2. The Hall–Kier alpha value is -3.27. The number of aromatic nitrogens is 1. The number of aryl methyl sites for hydroxylation is 1. The van der Waals surface area contributed by atoms with Gasteiger partial charge >= 0.3 is 0 Å². The largest absolute Gasteiger partial charge is 0.361 e. The van der Waals surface area contributed by atoms with E-state index in [-0.39, 0.29) is 36.4 Å². The number of carbonyl (C=O) groups excluding carboxylic acids is 3. The summed E-state index contributed by atoms with van der Waals surface area (Å²) in [5.41, 5.74) is 6.26. The SMILES string of the molecule is Cc1cc(C(=O)N2CCN(C(=O)c3ccc(F)cc3)C2C(=O)NC2CCC(N)CC2)no1. The van der Waals surface area contributed by atoms with Crippen molar-refractivity contribution in [2.45, 2.75) is 50.9 Å². The number of carbonyl (C=O) groups is 3. The van der Waals surface area contributed by atoms with Crippen molar-refractivity contribution in [1.82, 2.24) is 20.3 Å². The molecule has 1 aromatic carbocycles. The van der Waals surface area contributed by atoms with Crippen molar-refractivity contribution in [3.63, 3.8) is 0 Å². The van der Waals surface area contributed by atoms with Gasteiger partial charge in [-0.15, -0.1) is 0 Å². The van der Waals surface area contributed by atoms with Gasteiger partial charge in [0.25, 0.3) is 17.7 Å². The molecular weight excluding hydrogens is 417 g/mol. The molecule has 170 valence electrons. The van der Waals surface area contributed by atoms with E-state index >= 15 is 0 Å². The molecule has 1 saturated carbocycles. The monoisotopic (exact) mass is 443 g/mol. The van der Waals surface area contributed by atoms with Crippen LogP contribution in [0.2, 0.25) is 0 Å². The summed E-state index contributed by atoms with van der Waals surface area (Å²) in [7, 11) is 0. The summed E-state index contributed by atoms with van der Waals surface area (Å²) in [6, 6.07) is 6.64. The van der Waals surface area contributed by atoms with Crippen molar-refractivity contribution in [1.29, 1.82) is 0 Å². The molecule has 0 radical (unpaired) electrons. The van der Waals surface area contributed by atoms with Crippen LogP contribution < -0.4 is 11.1 Å². The summed E-state index contributed by atoms with van der Waals surface area (Å²) < 4.78 is 18.3. The van der Waals surface area contributed by atoms with Crippen molar-refractivity contribution in [3.05, 3.63) is 53.2 Å². The number of nitrogens with one attached hydrogen (secondary N) is 1. The Morgan fingerprint density at radius 1 is 1.06 bits per heavy atom. The summed E-state index contributed by atoms with van der Waals surface area (Å²) >= 11 is 0. The van der Waals surface area contributed by atoms with Gasteiger partial charge in [-0.1, -0.05) is 5.16 Å². The molecule has 2 aromatic rings. The van der Waals surface area contributed by atoms with E-state index in [4.69, 9.17) is 10.3 Å². The molecule has 3 N–H and O–H groups in total. The first kappa shape index (κ1) is 21.9. The van der Waals surface area contributed by atoms with E-state index in [0.717, 1.165) is 25.7 Å². The van der Waals surface area contributed by atoms with Crippen LogP contribution in [-0.4, -0.2) is 64.0 Å². The minimum Gasteiger partial charge on any atom is -0.361 e. The van der Waals surface area contributed by atoms with Gasteiger partial charge in [-0.05, 0) is 56.9 Å². The maximum atomic E-state index is 13.3. The molecule has 1 aliphatic carbocycles. The minimum atomic E-state index is -1.15. The predicted molar refractivity (Wildman–Crippen MR) is 112 cm³/mol. The topological polar surface area (TPSA) is 122 Å². The molecule has 1 unspecified atom stereocenters. The van der Waals surface area contributed by atoms with E-state index in [1.54, 1.807) is 6.92 Å². The number of nitrogens with zero attached hydrogens (tertiary/aromatic N) is 3. The van der Waals surface area contributed by atoms with Gasteiger partial charge in [-0.2, -0.15) is 0 Å². The second-order valence-electron chi connectivity index (χ2n) is 8.32. The van der Waals surface area contributed by atoms with Crippen LogP contribution in [0.3, 0.4) is 0 Å². The number of rotatable bonds is 4. The lowest BCUT2D eigenvalue weighted by Gasteiger charge is -2.32. The first-order chi connectivity index (χ1) is 15.3. The summed E-state index contributed by atoms with van der Waals surface area (Å²) in [6.45, 7) is 1.98. The Bertz CT molecular complexity index is 1000. The molecular formula is C22H26FN5O4. The highest BCUT2D eigenvalue weighted by Gasteiger charge is 2.44. The standard InChI is InChI=1S/C22H26FN5O4/c1-13-12-18(26-32-13)22(31)28-11-10-27(21(30)14-2-4-15(23)5-3-14)20(28)19(29)25-17-8-6-16(24)7-9-17/h2-5,12,16-17,20H,6-11,24H2,1H3,(H,25,29). The molecule has 1 aliphatic heterocycles. The number of amides is 3. The fourth-order valence-corrected chi connectivity index (χ4v) is 4.25. The van der Waals surface area contributed by atoms with Crippen LogP contribution in [0.15, 0.2) is 34.9 Å². The smallest absolute Gasteiger partial charge is 0.278 e. The molecule has 1 saturated heterocycles. The van der Waals surface area contributed by atoms with E-state index in [0.29, 0.717) is 5.76 Å². The molecule has 0 spiro atoms. The van der Waals surface area contributed by atoms with Crippen LogP contribution >= 0.6 is 0 Å². The van der Waals surface area contributed by atoms with Crippen LogP contribution in [-0.2, 0) is 4.79 Å². The molecule has 4 rings (SSSR count). The fourth-order valence-electron chi connectivity index (χ4n) is 4.25. The third-order valence-electron chi connectivity index (χ3n) is 5.98. The number of benzene rings is 1. The van der Waals surface area contributed by atoms with Gasteiger partial charge in [0.1, 0.15) is 11.6 Å². The molecule has 2 fully saturated rings. The maximum Gasteiger partial charge on any atom is 0.278 e. The Labute approximate surface area is 184 Å². The second-order valence-corrected chi connectivity index (χ2v) is 8.32. The lowest BCUT2D eigenvalue weighted by Crippen LogP contribution is -2.56. The van der Waals surface area contributed by atoms with Gasteiger partial charge in [0.05, 0.1) is 0 Å². The fraction of sp³-hybridized carbons (Fsp3) is 0.455. The van der Waals surface area contributed by atoms with E-state index in [1.807, 2.05) is 0 Å². The van der Waals surface area contributed by atoms with Crippen molar-refractivity contribution in [2.24, 2.45) is 5.73 Å². The quantitative estimate of drug-likeness (QED) is 0.737. The molecule has 1 atom stereocenters. The molecule has 32 heavy (non-hydrogen) atoms. The van der Waals surface area contributed by atoms with E-state index < -0.39 is 29.7 Å². The van der Waals surface area contributed by atoms with Gasteiger partial charge in [-0.3, -0.25) is 14.4 Å². The van der Waals surface area contributed by atoms with E-state index in [1.165, 1.54) is 40.1 Å². The predicted octanol–water partition coefficient (Wildman–Crippen LogP) is 1.43. The van der Waals surface area contributed by atoms with E-state index in [9.17, 15) is 18.8 Å². The molecule has 0 bridgehead atoms. The third kappa shape index (κ3) is 4.50. The molecule has 9 nitrogen and oxygen atoms in total. The first-order valence-electron chi connectivity index (χ1n) is 10.7. The van der Waals surface area contributed by atoms with E-state index in [2.05, 4.69) is 10.5 Å². The first-order valence-corrected chi connectivity index (χ1v) is 10.7. The molecule has 3 amide bonds. The highest BCUT2D eigenvalue weighted by Crippen LogP contribution is 2.23. The van der Waals surface area contributed by atoms with Gasteiger partial charge in [0, 0.05) is 36.8 Å². The summed E-state index contributed by atoms with van der Waals surface area (Å²) in [5.74, 6) is -1.39. The van der Waals surface area contributed by atoms with Crippen molar-refractivity contribution >= 4 is 17.7 Å². The minimum absolute atomic E-state index is 0.0695. The Morgan fingerprint density at radius 3 is 2.28 bits per heavy atom. The van der Waals surface area contributed by atoms with Crippen molar-refractivity contribution < 1.29 is 23.3 Å². The average molecular weight is 443 g/mol. The van der Waals surface area contributed by atoms with Gasteiger partial charge in [0.15, 0.2) is 11.9 Å². The zero-order chi connectivity index (χ0) is 22.8. The molecule has 2 aliphatic rings. The number of halogens is 1. The highest BCUT2D eigenvalue weighted by atomic mass is 19.1. The number of hydrogen-bond acceptors (Lipinski definition) is 6. The third-order valence-corrected chi connectivity index (χ3v) is 5.98. The highest BCUT2D eigenvalue weighted by molar-refractivity contribution is 6.01. The molecule has 1 aromatic heterocycles. The van der Waals surface area contributed by atoms with Crippen LogP contribution in [0, 0.1) is 12.7 Å². The summed E-state index contributed by atoms with van der Waals surface area (Å²) in [6.07, 6.45) is 1.93. The average Bonchev–Trinajstić information content (AvgIpc) is 3.41.